The maximum Gasteiger partial charge on any atom is 0.234 e. The molecule has 0 radical (unpaired) electrons. The zero-order valence-electron chi connectivity index (χ0n) is 10.9. The van der Waals surface area contributed by atoms with Crippen molar-refractivity contribution in [3.8, 4) is 0 Å². The molecule has 0 amide bonds. The molecule has 0 bridgehead atoms. The molecular formula is C14H23NO. The third-order valence-corrected chi connectivity index (χ3v) is 3.47. The van der Waals surface area contributed by atoms with Gasteiger partial charge in [-0.15, -0.1) is 0 Å². The molecule has 1 saturated carbocycles. The molecule has 0 aromatic heterocycles. The van der Waals surface area contributed by atoms with E-state index in [1.165, 1.54) is 6.42 Å². The van der Waals surface area contributed by atoms with Crippen LogP contribution in [0, 0.1) is 16.7 Å². The van der Waals surface area contributed by atoms with Gasteiger partial charge in [0, 0.05) is 0 Å². The smallest absolute Gasteiger partial charge is 0.211 e. The van der Waals surface area contributed by atoms with Crippen molar-refractivity contribution < 1.29 is 4.79 Å². The Morgan fingerprint density at radius 2 is 2.06 bits per heavy atom. The Labute approximate surface area is 98.8 Å². The quantitative estimate of drug-likeness (QED) is 0.405. The number of hydrogen-bond donors (Lipinski definition) is 0. The van der Waals surface area contributed by atoms with Gasteiger partial charge in [-0.2, -0.15) is 0 Å². The highest BCUT2D eigenvalue weighted by Crippen LogP contribution is 2.49. The predicted octanol–water partition coefficient (Wildman–Crippen LogP) is 3.73. The van der Waals surface area contributed by atoms with Gasteiger partial charge in [-0.1, -0.05) is 32.9 Å². The molecule has 2 unspecified atom stereocenters. The molecule has 16 heavy (non-hydrogen) atoms. The molecule has 0 aromatic carbocycles. The number of allylic oxidation sites excluding steroid dienone is 2. The van der Waals surface area contributed by atoms with Gasteiger partial charge in [0.15, 0.2) is 0 Å². The summed E-state index contributed by atoms with van der Waals surface area (Å²) in [4.78, 5) is 14.1. The Balaban J connectivity index is 2.82. The van der Waals surface area contributed by atoms with Gasteiger partial charge in [0.05, 0.1) is 6.54 Å². The summed E-state index contributed by atoms with van der Waals surface area (Å²) in [6.07, 6.45) is 9.60. The summed E-state index contributed by atoms with van der Waals surface area (Å²) in [6, 6.07) is 0. The lowest BCUT2D eigenvalue weighted by Gasteiger charge is -2.45. The van der Waals surface area contributed by atoms with Gasteiger partial charge in [0.25, 0.3) is 0 Å². The van der Waals surface area contributed by atoms with E-state index in [4.69, 9.17) is 0 Å². The Morgan fingerprint density at radius 3 is 2.62 bits per heavy atom. The van der Waals surface area contributed by atoms with Crippen LogP contribution >= 0.6 is 0 Å². The molecule has 2 heteroatoms. The summed E-state index contributed by atoms with van der Waals surface area (Å²) in [5.74, 6) is 0.626. The van der Waals surface area contributed by atoms with Gasteiger partial charge in [0.2, 0.25) is 6.08 Å². The van der Waals surface area contributed by atoms with Crippen molar-refractivity contribution in [2.75, 3.05) is 6.54 Å². The molecule has 1 aliphatic carbocycles. The van der Waals surface area contributed by atoms with E-state index in [2.05, 4.69) is 44.8 Å². The van der Waals surface area contributed by atoms with Crippen LogP contribution in [0.4, 0.5) is 0 Å². The number of isocyanates is 1. The highest BCUT2D eigenvalue weighted by molar-refractivity contribution is 5.33. The summed E-state index contributed by atoms with van der Waals surface area (Å²) in [5.41, 5.74) is 0.499. The minimum Gasteiger partial charge on any atom is -0.211 e. The molecule has 1 fully saturated rings. The normalized spacial score (nSPS) is 33.6. The van der Waals surface area contributed by atoms with Crippen LogP contribution in [0.3, 0.4) is 0 Å². The van der Waals surface area contributed by atoms with E-state index in [0.717, 1.165) is 12.8 Å². The van der Waals surface area contributed by atoms with Crippen molar-refractivity contribution in [2.45, 2.75) is 47.0 Å². The summed E-state index contributed by atoms with van der Waals surface area (Å²) in [7, 11) is 0. The van der Waals surface area contributed by atoms with Gasteiger partial charge in [-0.3, -0.25) is 0 Å². The molecule has 2 atom stereocenters. The largest absolute Gasteiger partial charge is 0.234 e. The van der Waals surface area contributed by atoms with E-state index in [1.54, 1.807) is 6.08 Å². The average molecular weight is 221 g/mol. The zero-order valence-corrected chi connectivity index (χ0v) is 10.9. The number of aliphatic imine (C=N–C) groups is 1. The zero-order chi connectivity index (χ0) is 12.2. The van der Waals surface area contributed by atoms with Crippen molar-refractivity contribution in [1.82, 2.24) is 0 Å². The van der Waals surface area contributed by atoms with Crippen LogP contribution in [-0.2, 0) is 4.79 Å². The fraction of sp³-hybridized carbons (Fsp3) is 0.786. The summed E-state index contributed by atoms with van der Waals surface area (Å²) in [6.45, 7) is 9.55. The van der Waals surface area contributed by atoms with Gasteiger partial charge in [0.1, 0.15) is 0 Å². The molecule has 0 aliphatic heterocycles. The van der Waals surface area contributed by atoms with Crippen LogP contribution in [0.15, 0.2) is 17.1 Å². The topological polar surface area (TPSA) is 29.4 Å². The molecule has 0 heterocycles. The van der Waals surface area contributed by atoms with Crippen LogP contribution in [-0.4, -0.2) is 12.6 Å². The van der Waals surface area contributed by atoms with Crippen molar-refractivity contribution in [2.24, 2.45) is 21.7 Å². The van der Waals surface area contributed by atoms with E-state index < -0.39 is 0 Å². The van der Waals surface area contributed by atoms with Gasteiger partial charge >= 0.3 is 0 Å². The first-order valence-corrected chi connectivity index (χ1v) is 6.07. The van der Waals surface area contributed by atoms with Gasteiger partial charge in [-0.05, 0) is 42.9 Å². The molecule has 2 nitrogen and oxygen atoms in total. The van der Waals surface area contributed by atoms with Gasteiger partial charge < -0.3 is 0 Å². The third-order valence-electron chi connectivity index (χ3n) is 3.47. The summed E-state index contributed by atoms with van der Waals surface area (Å²) in [5, 5.41) is 0. The van der Waals surface area contributed by atoms with Crippen LogP contribution in [0.5, 0.6) is 0 Å². The highest BCUT2D eigenvalue weighted by atomic mass is 16.1. The maximum atomic E-state index is 10.3. The first-order valence-electron chi connectivity index (χ1n) is 6.07. The van der Waals surface area contributed by atoms with Crippen molar-refractivity contribution >= 4 is 6.08 Å². The fourth-order valence-electron chi connectivity index (χ4n) is 3.47. The first kappa shape index (κ1) is 13.2. The molecular weight excluding hydrogens is 198 g/mol. The monoisotopic (exact) mass is 221 g/mol. The lowest BCUT2D eigenvalue weighted by atomic mass is 9.60. The molecule has 1 aliphatic rings. The average Bonchev–Trinajstić information content (AvgIpc) is 2.12. The lowest BCUT2D eigenvalue weighted by Crippen LogP contribution is -2.37. The lowest BCUT2D eigenvalue weighted by molar-refractivity contribution is 0.0783. The summed E-state index contributed by atoms with van der Waals surface area (Å²) >= 11 is 0. The Hall–Kier alpha value is -0.880. The number of hydrogen-bond acceptors (Lipinski definition) is 2. The maximum absolute atomic E-state index is 10.3. The molecule has 1 rings (SSSR count). The van der Waals surface area contributed by atoms with E-state index in [0.29, 0.717) is 17.9 Å². The van der Waals surface area contributed by atoms with E-state index in [9.17, 15) is 4.79 Å². The molecule has 0 spiro atoms. The highest BCUT2D eigenvalue weighted by Gasteiger charge is 2.40. The number of nitrogens with zero attached hydrogens (tertiary/aromatic N) is 1. The van der Waals surface area contributed by atoms with Crippen LogP contribution in [0.1, 0.15) is 47.0 Å². The second-order valence-corrected chi connectivity index (χ2v) is 6.25. The van der Waals surface area contributed by atoms with Crippen molar-refractivity contribution in [3.63, 3.8) is 0 Å². The minimum atomic E-state index is 0.156. The van der Waals surface area contributed by atoms with Crippen LogP contribution < -0.4 is 0 Å². The molecule has 90 valence electrons. The standard InChI is InChI=1S/C14H23NO/c1-5-6-12-7-13(2,3)9-14(4,8-12)10-15-11-16/h5-6,12H,7-10H2,1-4H3. The second-order valence-electron chi connectivity index (χ2n) is 6.25. The van der Waals surface area contributed by atoms with E-state index >= 15 is 0 Å². The molecule has 0 saturated heterocycles. The third kappa shape index (κ3) is 3.61. The Kier molecular flexibility index (Phi) is 4.09. The Bertz CT molecular complexity index is 313. The van der Waals surface area contributed by atoms with E-state index in [1.807, 2.05) is 0 Å². The Morgan fingerprint density at radius 1 is 1.38 bits per heavy atom. The molecule has 0 aromatic rings. The van der Waals surface area contributed by atoms with Crippen molar-refractivity contribution in [3.05, 3.63) is 12.2 Å². The predicted molar refractivity (Wildman–Crippen MR) is 67.0 cm³/mol. The van der Waals surface area contributed by atoms with Crippen LogP contribution in [0.25, 0.3) is 0 Å². The summed E-state index contributed by atoms with van der Waals surface area (Å²) < 4.78 is 0. The molecule has 0 N–H and O–H groups in total. The van der Waals surface area contributed by atoms with E-state index in [-0.39, 0.29) is 5.41 Å². The first-order chi connectivity index (χ1) is 7.41. The fourth-order valence-corrected chi connectivity index (χ4v) is 3.47. The van der Waals surface area contributed by atoms with Gasteiger partial charge in [-0.25, -0.2) is 9.79 Å². The minimum absolute atomic E-state index is 0.156. The number of rotatable bonds is 3. The van der Waals surface area contributed by atoms with Crippen molar-refractivity contribution in [1.29, 1.82) is 0 Å². The second kappa shape index (κ2) is 4.97. The van der Waals surface area contributed by atoms with Crippen LogP contribution in [0.2, 0.25) is 0 Å². The SMILES string of the molecule is CC=CC1CC(C)(C)CC(C)(CN=C=O)C1. The number of carbonyl (C=O) groups excluding carboxylic acids is 1.